The summed E-state index contributed by atoms with van der Waals surface area (Å²) in [6.45, 7) is 7.69. The zero-order valence-electron chi connectivity index (χ0n) is 26.8. The zero-order chi connectivity index (χ0) is 33.6. The number of anilines is 5. The minimum Gasteiger partial charge on any atom is -0.494 e. The van der Waals surface area contributed by atoms with Gasteiger partial charge in [0.1, 0.15) is 36.1 Å². The number of carbonyl (C=O) groups is 1. The number of methoxy groups -OCH3 is 1. The molecule has 0 bridgehead atoms. The lowest BCUT2D eigenvalue weighted by Gasteiger charge is -2.35. The SMILES string of the molecule is C=CC(=O)Nc1cc(Nc2cc(N3OCCC3c3ccc(Cl)c(OCc4cccc(F)c4)c3)ncn2)c(OC)cc1N1CCN(C)CC1. The van der Waals surface area contributed by atoms with Crippen molar-refractivity contribution >= 4 is 46.2 Å². The van der Waals surface area contributed by atoms with Crippen LogP contribution >= 0.6 is 11.6 Å². The van der Waals surface area contributed by atoms with E-state index in [1.807, 2.05) is 24.3 Å². The summed E-state index contributed by atoms with van der Waals surface area (Å²) in [5.41, 5.74) is 3.71. The largest absolute Gasteiger partial charge is 0.494 e. The summed E-state index contributed by atoms with van der Waals surface area (Å²) in [7, 11) is 3.70. The van der Waals surface area contributed by atoms with Crippen LogP contribution in [0.3, 0.4) is 0 Å². The number of aromatic nitrogens is 2. The lowest BCUT2D eigenvalue weighted by atomic mass is 10.0. The van der Waals surface area contributed by atoms with Gasteiger partial charge in [-0.25, -0.2) is 19.4 Å². The molecule has 1 amide bonds. The fourth-order valence-corrected chi connectivity index (χ4v) is 5.90. The van der Waals surface area contributed by atoms with Crippen molar-refractivity contribution in [3.05, 3.63) is 102 Å². The Morgan fingerprint density at radius 1 is 1.08 bits per heavy atom. The Bertz CT molecular complexity index is 1790. The number of rotatable bonds is 11. The first-order valence-electron chi connectivity index (χ1n) is 15.6. The van der Waals surface area contributed by atoms with Crippen LogP contribution in [0, 0.1) is 5.82 Å². The van der Waals surface area contributed by atoms with Gasteiger partial charge in [0.2, 0.25) is 5.91 Å². The van der Waals surface area contributed by atoms with Crippen molar-refractivity contribution in [1.29, 1.82) is 0 Å². The van der Waals surface area contributed by atoms with E-state index in [9.17, 15) is 9.18 Å². The molecule has 3 heterocycles. The van der Waals surface area contributed by atoms with Gasteiger partial charge in [-0.05, 0) is 54.6 Å². The molecule has 3 aromatic carbocycles. The lowest BCUT2D eigenvalue weighted by Crippen LogP contribution is -2.44. The Labute approximate surface area is 283 Å². The number of ether oxygens (including phenoxy) is 2. The Balaban J connectivity index is 1.23. The number of nitrogens with one attached hydrogen (secondary N) is 2. The number of benzene rings is 3. The van der Waals surface area contributed by atoms with E-state index < -0.39 is 0 Å². The van der Waals surface area contributed by atoms with Crippen molar-refractivity contribution in [3.8, 4) is 11.5 Å². The molecule has 0 radical (unpaired) electrons. The third-order valence-electron chi connectivity index (χ3n) is 8.27. The van der Waals surface area contributed by atoms with Crippen LogP contribution in [0.15, 0.2) is 79.6 Å². The van der Waals surface area contributed by atoms with Gasteiger partial charge in [-0.1, -0.05) is 36.4 Å². The van der Waals surface area contributed by atoms with Gasteiger partial charge in [0, 0.05) is 44.7 Å². The molecule has 13 heteroatoms. The lowest BCUT2D eigenvalue weighted by molar-refractivity contribution is -0.111. The van der Waals surface area contributed by atoms with Gasteiger partial charge >= 0.3 is 0 Å². The molecular weight excluding hydrogens is 637 g/mol. The van der Waals surface area contributed by atoms with Gasteiger partial charge in [0.05, 0.1) is 41.8 Å². The topological polar surface area (TPSA) is 104 Å². The highest BCUT2D eigenvalue weighted by atomic mass is 35.5. The molecule has 0 aliphatic carbocycles. The van der Waals surface area contributed by atoms with Gasteiger partial charge < -0.3 is 29.9 Å². The smallest absolute Gasteiger partial charge is 0.247 e. The number of likely N-dealkylation sites (N-methyl/N-ethyl adjacent to an activating group) is 1. The second-order valence-corrected chi connectivity index (χ2v) is 11.9. The molecule has 1 aromatic heterocycles. The van der Waals surface area contributed by atoms with E-state index in [4.69, 9.17) is 25.9 Å². The maximum Gasteiger partial charge on any atom is 0.247 e. The molecule has 6 rings (SSSR count). The number of hydrogen-bond acceptors (Lipinski definition) is 10. The van der Waals surface area contributed by atoms with Gasteiger partial charge in [-0.15, -0.1) is 0 Å². The van der Waals surface area contributed by atoms with Gasteiger partial charge in [0.25, 0.3) is 0 Å². The molecule has 48 heavy (non-hydrogen) atoms. The molecule has 4 aromatic rings. The van der Waals surface area contributed by atoms with Crippen molar-refractivity contribution in [2.24, 2.45) is 0 Å². The summed E-state index contributed by atoms with van der Waals surface area (Å²) in [5, 5.41) is 8.48. The summed E-state index contributed by atoms with van der Waals surface area (Å²) in [6.07, 6.45) is 3.40. The molecule has 2 saturated heterocycles. The number of halogens is 2. The van der Waals surface area contributed by atoms with Crippen LogP contribution in [0.4, 0.5) is 33.1 Å². The molecule has 0 spiro atoms. The van der Waals surface area contributed by atoms with E-state index in [2.05, 4.69) is 44.0 Å². The fourth-order valence-electron chi connectivity index (χ4n) is 5.73. The molecule has 2 fully saturated rings. The fraction of sp³-hybridized carbons (Fsp3) is 0.286. The minimum atomic E-state index is -0.325. The molecular formula is C35H37ClFN7O4. The van der Waals surface area contributed by atoms with Crippen LogP contribution in [0.25, 0.3) is 0 Å². The summed E-state index contributed by atoms with van der Waals surface area (Å²) >= 11 is 6.47. The van der Waals surface area contributed by atoms with E-state index in [0.29, 0.717) is 58.1 Å². The van der Waals surface area contributed by atoms with Crippen LogP contribution in [-0.2, 0) is 16.2 Å². The van der Waals surface area contributed by atoms with Crippen LogP contribution in [0.1, 0.15) is 23.6 Å². The maximum absolute atomic E-state index is 13.7. The molecule has 250 valence electrons. The predicted octanol–water partition coefficient (Wildman–Crippen LogP) is 6.36. The Morgan fingerprint density at radius 2 is 1.92 bits per heavy atom. The summed E-state index contributed by atoms with van der Waals surface area (Å²) < 4.78 is 25.4. The monoisotopic (exact) mass is 673 g/mol. The van der Waals surface area contributed by atoms with Crippen molar-refractivity contribution in [2.75, 3.05) is 67.5 Å². The summed E-state index contributed by atoms with van der Waals surface area (Å²) in [6, 6.07) is 17.2. The number of amides is 1. The van der Waals surface area contributed by atoms with E-state index in [-0.39, 0.29) is 24.4 Å². The Hall–Kier alpha value is -4.91. The minimum absolute atomic E-state index is 0.172. The van der Waals surface area contributed by atoms with E-state index in [0.717, 1.165) is 37.4 Å². The number of piperazine rings is 1. The zero-order valence-corrected chi connectivity index (χ0v) is 27.5. The number of hydrogen-bond donors (Lipinski definition) is 2. The highest BCUT2D eigenvalue weighted by molar-refractivity contribution is 6.32. The highest BCUT2D eigenvalue weighted by Gasteiger charge is 2.30. The average Bonchev–Trinajstić information content (AvgIpc) is 3.59. The number of nitrogens with zero attached hydrogens (tertiary/aromatic N) is 5. The van der Waals surface area contributed by atoms with Crippen molar-refractivity contribution in [3.63, 3.8) is 0 Å². The van der Waals surface area contributed by atoms with Crippen LogP contribution in [-0.4, -0.2) is 67.7 Å². The first-order chi connectivity index (χ1) is 23.3. The van der Waals surface area contributed by atoms with Crippen molar-refractivity contribution in [1.82, 2.24) is 14.9 Å². The van der Waals surface area contributed by atoms with Crippen molar-refractivity contribution < 1.29 is 23.5 Å². The van der Waals surface area contributed by atoms with Crippen LogP contribution in [0.2, 0.25) is 5.02 Å². The molecule has 0 saturated carbocycles. The number of carbonyl (C=O) groups excluding carboxylic acids is 1. The maximum atomic E-state index is 13.7. The Morgan fingerprint density at radius 3 is 2.69 bits per heavy atom. The van der Waals surface area contributed by atoms with E-state index in [1.54, 1.807) is 36.4 Å². The molecule has 2 aliphatic heterocycles. The number of hydroxylamine groups is 1. The highest BCUT2D eigenvalue weighted by Crippen LogP contribution is 2.41. The molecule has 2 N–H and O–H groups in total. The third kappa shape index (κ3) is 7.62. The molecule has 1 unspecified atom stereocenters. The average molecular weight is 674 g/mol. The van der Waals surface area contributed by atoms with Crippen LogP contribution in [0.5, 0.6) is 11.5 Å². The third-order valence-corrected chi connectivity index (χ3v) is 8.59. The second-order valence-electron chi connectivity index (χ2n) is 11.5. The normalized spacial score (nSPS) is 16.5. The van der Waals surface area contributed by atoms with Crippen molar-refractivity contribution in [2.45, 2.75) is 19.1 Å². The van der Waals surface area contributed by atoms with Gasteiger partial charge in [-0.2, -0.15) is 0 Å². The standard InChI is InChI=1S/C35H37ClFN7O4/c1-4-35(45)41-27-18-28(32(46-3)19-30(27)43-13-11-42(2)12-14-43)40-33-20-34(39-22-38-33)44-29(10-15-48-44)24-8-9-26(36)31(17-24)47-21-23-6-5-7-25(37)16-23/h4-9,16-20,22,29H,1,10-15,21H2,2-3H3,(H,41,45)(H,38,39,40). The first-order valence-corrected chi connectivity index (χ1v) is 16.0. The molecule has 11 nitrogen and oxygen atoms in total. The molecule has 2 aliphatic rings. The summed E-state index contributed by atoms with van der Waals surface area (Å²) in [4.78, 5) is 31.9. The Kier molecular flexibility index (Phi) is 10.2. The summed E-state index contributed by atoms with van der Waals surface area (Å²) in [5.74, 6) is 1.48. The van der Waals surface area contributed by atoms with Gasteiger partial charge in [0.15, 0.2) is 5.82 Å². The van der Waals surface area contributed by atoms with E-state index >= 15 is 0 Å². The quantitative estimate of drug-likeness (QED) is 0.175. The van der Waals surface area contributed by atoms with Crippen LogP contribution < -0.4 is 30.1 Å². The molecule has 1 atom stereocenters. The first kappa shape index (κ1) is 33.0. The van der Waals surface area contributed by atoms with E-state index in [1.165, 1.54) is 24.5 Å². The predicted molar refractivity (Wildman–Crippen MR) is 185 cm³/mol. The second kappa shape index (κ2) is 14.9. The van der Waals surface area contributed by atoms with Gasteiger partial charge in [-0.3, -0.25) is 9.63 Å².